The van der Waals surface area contributed by atoms with Crippen LogP contribution in [0.15, 0.2) is 24.3 Å². The van der Waals surface area contributed by atoms with Crippen LogP contribution in [-0.2, 0) is 20.5 Å². The Hall–Kier alpha value is -1.31. The number of sulfonamides is 1. The van der Waals surface area contributed by atoms with Gasteiger partial charge in [-0.2, -0.15) is 4.31 Å². The van der Waals surface area contributed by atoms with Crippen molar-refractivity contribution in [3.8, 4) is 0 Å². The maximum atomic E-state index is 12.7. The topological polar surface area (TPSA) is 66.9 Å². The maximum Gasteiger partial charge on any atom is 0.410 e. The molecule has 1 atom stereocenters. The molecule has 0 aromatic heterocycles. The van der Waals surface area contributed by atoms with Crippen molar-refractivity contribution in [3.63, 3.8) is 0 Å². The normalized spacial score (nSPS) is 19.7. The van der Waals surface area contributed by atoms with E-state index in [1.807, 2.05) is 0 Å². The van der Waals surface area contributed by atoms with Gasteiger partial charge in [-0.3, -0.25) is 0 Å². The molecule has 25 heavy (non-hydrogen) atoms. The van der Waals surface area contributed by atoms with Crippen molar-refractivity contribution < 1.29 is 17.9 Å². The Kier molecular flexibility index (Phi) is 6.01. The van der Waals surface area contributed by atoms with Gasteiger partial charge in [0.05, 0.1) is 5.75 Å². The first-order valence-corrected chi connectivity index (χ1v) is 10.2. The summed E-state index contributed by atoms with van der Waals surface area (Å²) in [6.07, 6.45) is -0.411. The second-order valence-electron chi connectivity index (χ2n) is 7.27. The van der Waals surface area contributed by atoms with Crippen LogP contribution in [0.1, 0.15) is 33.3 Å². The van der Waals surface area contributed by atoms with E-state index >= 15 is 0 Å². The summed E-state index contributed by atoms with van der Waals surface area (Å²) in [5.41, 5.74) is 0.0742. The molecule has 0 radical (unpaired) electrons. The van der Waals surface area contributed by atoms with Gasteiger partial charge in [0.1, 0.15) is 5.60 Å². The number of hydrogen-bond donors (Lipinski definition) is 0. The van der Waals surface area contributed by atoms with Crippen molar-refractivity contribution in [2.45, 2.75) is 45.1 Å². The van der Waals surface area contributed by atoms with Gasteiger partial charge < -0.3 is 9.64 Å². The smallest absolute Gasteiger partial charge is 0.410 e. The van der Waals surface area contributed by atoms with E-state index in [1.54, 1.807) is 56.9 Å². The second kappa shape index (κ2) is 7.51. The van der Waals surface area contributed by atoms with Gasteiger partial charge >= 0.3 is 6.09 Å². The van der Waals surface area contributed by atoms with E-state index in [1.165, 1.54) is 4.31 Å². The van der Waals surface area contributed by atoms with E-state index in [0.717, 1.165) is 0 Å². The monoisotopic (exact) mass is 388 g/mol. The molecule has 0 unspecified atom stereocenters. The summed E-state index contributed by atoms with van der Waals surface area (Å²) in [6, 6.07) is 6.52. The minimum absolute atomic E-state index is 0.107. The molecule has 0 aliphatic carbocycles. The molecule has 1 aliphatic rings. The second-order valence-corrected chi connectivity index (χ2v) is 9.63. The number of hydrogen-bond acceptors (Lipinski definition) is 4. The van der Waals surface area contributed by atoms with Gasteiger partial charge in [0.15, 0.2) is 0 Å². The summed E-state index contributed by atoms with van der Waals surface area (Å²) in [5, 5.41) is 0.510. The molecular formula is C17H25ClN2O4S. The van der Waals surface area contributed by atoms with Crippen LogP contribution in [0, 0.1) is 0 Å². The van der Waals surface area contributed by atoms with Crippen molar-refractivity contribution in [2.24, 2.45) is 0 Å². The number of piperazine rings is 1. The average molecular weight is 389 g/mol. The number of carbonyl (C=O) groups excluding carboxylic acids is 1. The Labute approximate surface area is 154 Å². The lowest BCUT2D eigenvalue weighted by Crippen LogP contribution is -2.56. The molecule has 1 fully saturated rings. The summed E-state index contributed by atoms with van der Waals surface area (Å²) in [7, 11) is -3.49. The number of nitrogens with zero attached hydrogens (tertiary/aromatic N) is 2. The maximum absolute atomic E-state index is 12.7. The third-order valence-electron chi connectivity index (χ3n) is 3.81. The predicted molar refractivity (Wildman–Crippen MR) is 98.1 cm³/mol. The zero-order chi connectivity index (χ0) is 18.8. The fourth-order valence-corrected chi connectivity index (χ4v) is 4.72. The molecule has 1 amide bonds. The average Bonchev–Trinajstić information content (AvgIpc) is 2.44. The van der Waals surface area contributed by atoms with Gasteiger partial charge in [-0.1, -0.05) is 23.7 Å². The van der Waals surface area contributed by atoms with Crippen molar-refractivity contribution in [1.82, 2.24) is 9.21 Å². The lowest BCUT2D eigenvalue weighted by molar-refractivity contribution is 0.0143. The van der Waals surface area contributed by atoms with Crippen LogP contribution in [0.3, 0.4) is 0 Å². The van der Waals surface area contributed by atoms with Gasteiger partial charge in [0.25, 0.3) is 0 Å². The number of carbonyl (C=O) groups is 1. The molecule has 0 N–H and O–H groups in total. The molecule has 140 valence electrons. The first-order chi connectivity index (χ1) is 11.5. The molecule has 8 heteroatoms. The molecule has 0 bridgehead atoms. The summed E-state index contributed by atoms with van der Waals surface area (Å²) in [4.78, 5) is 13.7. The number of benzene rings is 1. The zero-order valence-corrected chi connectivity index (χ0v) is 16.6. The quantitative estimate of drug-likeness (QED) is 0.797. The third kappa shape index (κ3) is 5.59. The van der Waals surface area contributed by atoms with Crippen molar-refractivity contribution in [2.75, 3.05) is 19.6 Å². The minimum Gasteiger partial charge on any atom is -0.444 e. The highest BCUT2D eigenvalue weighted by atomic mass is 35.5. The Balaban J connectivity index is 2.03. The van der Waals surface area contributed by atoms with Crippen LogP contribution in [0.5, 0.6) is 0 Å². The summed E-state index contributed by atoms with van der Waals surface area (Å²) < 4.78 is 32.3. The summed E-state index contributed by atoms with van der Waals surface area (Å²) in [5.74, 6) is -0.107. The van der Waals surface area contributed by atoms with Gasteiger partial charge in [-0.05, 0) is 45.4 Å². The van der Waals surface area contributed by atoms with E-state index in [2.05, 4.69) is 0 Å². The SMILES string of the molecule is C[C@@H]1CN(C(=O)OC(C)(C)C)CCN1S(=O)(=O)Cc1cccc(Cl)c1. The Morgan fingerprint density at radius 2 is 2.00 bits per heavy atom. The van der Waals surface area contributed by atoms with Crippen LogP contribution in [0.2, 0.25) is 5.02 Å². The molecule has 1 aliphatic heterocycles. The van der Waals surface area contributed by atoms with Crippen molar-refractivity contribution in [1.29, 1.82) is 0 Å². The highest BCUT2D eigenvalue weighted by molar-refractivity contribution is 7.88. The molecule has 6 nitrogen and oxygen atoms in total. The summed E-state index contributed by atoms with van der Waals surface area (Å²) >= 11 is 5.93. The number of amides is 1. The minimum atomic E-state index is -3.49. The largest absolute Gasteiger partial charge is 0.444 e. The van der Waals surface area contributed by atoms with Crippen molar-refractivity contribution in [3.05, 3.63) is 34.9 Å². The van der Waals surface area contributed by atoms with Gasteiger partial charge in [0, 0.05) is 30.7 Å². The fourth-order valence-electron chi connectivity index (χ4n) is 2.77. The molecule has 1 heterocycles. The molecule has 1 aromatic rings. The van der Waals surface area contributed by atoms with Crippen LogP contribution in [-0.4, -0.2) is 55.0 Å². The fraction of sp³-hybridized carbons (Fsp3) is 0.588. The van der Waals surface area contributed by atoms with Crippen LogP contribution < -0.4 is 0 Å². The van der Waals surface area contributed by atoms with E-state index in [4.69, 9.17) is 16.3 Å². The Morgan fingerprint density at radius 1 is 1.32 bits per heavy atom. The Bertz CT molecular complexity index is 730. The van der Waals surface area contributed by atoms with Gasteiger partial charge in [-0.15, -0.1) is 0 Å². The third-order valence-corrected chi connectivity index (χ3v) is 6.00. The van der Waals surface area contributed by atoms with Gasteiger partial charge in [-0.25, -0.2) is 13.2 Å². The highest BCUT2D eigenvalue weighted by Crippen LogP contribution is 2.21. The van der Waals surface area contributed by atoms with Crippen LogP contribution >= 0.6 is 11.6 Å². The van der Waals surface area contributed by atoms with E-state index in [-0.39, 0.29) is 18.3 Å². The number of ether oxygens (including phenoxy) is 1. The molecule has 1 aromatic carbocycles. The lowest BCUT2D eigenvalue weighted by Gasteiger charge is -2.39. The lowest BCUT2D eigenvalue weighted by atomic mass is 10.2. The molecule has 0 saturated carbocycles. The van der Waals surface area contributed by atoms with E-state index in [9.17, 15) is 13.2 Å². The van der Waals surface area contributed by atoms with E-state index < -0.39 is 21.7 Å². The molecule has 0 spiro atoms. The summed E-state index contributed by atoms with van der Waals surface area (Å²) in [6.45, 7) is 8.09. The highest BCUT2D eigenvalue weighted by Gasteiger charge is 2.35. The Morgan fingerprint density at radius 3 is 2.56 bits per heavy atom. The van der Waals surface area contributed by atoms with Crippen LogP contribution in [0.25, 0.3) is 0 Å². The molecule has 2 rings (SSSR count). The van der Waals surface area contributed by atoms with Crippen LogP contribution in [0.4, 0.5) is 4.79 Å². The van der Waals surface area contributed by atoms with Gasteiger partial charge in [0.2, 0.25) is 10.0 Å². The zero-order valence-electron chi connectivity index (χ0n) is 15.0. The number of rotatable bonds is 3. The predicted octanol–water partition coefficient (Wildman–Crippen LogP) is 3.11. The van der Waals surface area contributed by atoms with E-state index in [0.29, 0.717) is 23.7 Å². The first-order valence-electron chi connectivity index (χ1n) is 8.20. The van der Waals surface area contributed by atoms with Crippen molar-refractivity contribution >= 4 is 27.7 Å². The molecule has 1 saturated heterocycles. The standard InChI is InChI=1S/C17H25ClN2O4S/c1-13-11-19(16(21)24-17(2,3)4)8-9-20(13)25(22,23)12-14-6-5-7-15(18)10-14/h5-7,10,13H,8-9,11-12H2,1-4H3/t13-/m1/s1. The first kappa shape index (κ1) is 20.0. The number of halogens is 1. The molecular weight excluding hydrogens is 364 g/mol.